The third kappa shape index (κ3) is 4.62. The number of anilines is 1. The van der Waals surface area contributed by atoms with Gasteiger partial charge in [0.2, 0.25) is 0 Å². The average molecular weight is 313 g/mol. The highest BCUT2D eigenvalue weighted by molar-refractivity contribution is 6.02. The Kier molecular flexibility index (Phi) is 4.44. The highest BCUT2D eigenvalue weighted by atomic mass is 19.4. The van der Waals surface area contributed by atoms with E-state index in [1.807, 2.05) is 0 Å². The molecule has 0 atom stereocenters. The Balaban J connectivity index is 1.97. The minimum atomic E-state index is -4.41. The quantitative estimate of drug-likeness (QED) is 0.904. The van der Waals surface area contributed by atoms with E-state index in [2.05, 4.69) is 20.3 Å². The number of benzene rings is 1. The molecule has 0 radical (unpaired) electrons. The number of alkyl halides is 3. The van der Waals surface area contributed by atoms with E-state index in [0.29, 0.717) is 5.69 Å². The maximum Gasteiger partial charge on any atom is 0.422 e. The number of nitrogens with one attached hydrogen (secondary N) is 2. The Morgan fingerprint density at radius 2 is 1.86 bits per heavy atom. The highest BCUT2D eigenvalue weighted by Gasteiger charge is 2.28. The molecule has 0 saturated heterocycles. The highest BCUT2D eigenvalue weighted by Crippen LogP contribution is 2.20. The normalized spacial score (nSPS) is 11.0. The van der Waals surface area contributed by atoms with E-state index in [0.717, 1.165) is 6.07 Å². The first-order valence-electron chi connectivity index (χ1n) is 6.00. The molecule has 2 aromatic rings. The lowest BCUT2D eigenvalue weighted by Crippen LogP contribution is -2.19. The van der Waals surface area contributed by atoms with E-state index in [1.54, 1.807) is 0 Å². The summed E-state index contributed by atoms with van der Waals surface area (Å²) in [6.07, 6.45) is -4.41. The van der Waals surface area contributed by atoms with Crippen LogP contribution in [-0.4, -0.2) is 28.9 Å². The molecule has 0 aliphatic carbocycles. The molecule has 0 aliphatic rings. The van der Waals surface area contributed by atoms with Gasteiger partial charge < -0.3 is 10.1 Å². The van der Waals surface area contributed by atoms with Crippen LogP contribution in [0.1, 0.15) is 10.5 Å². The number of ether oxygens (including phenoxy) is 1. The largest absolute Gasteiger partial charge is 0.484 e. The second kappa shape index (κ2) is 6.29. The van der Waals surface area contributed by atoms with Crippen LogP contribution in [0.4, 0.5) is 18.9 Å². The molecule has 0 aliphatic heterocycles. The van der Waals surface area contributed by atoms with E-state index >= 15 is 0 Å². The molecule has 6 nitrogen and oxygen atoms in total. The number of H-pyrrole nitrogens is 1. The Hall–Kier alpha value is -2.84. The fourth-order valence-corrected chi connectivity index (χ4v) is 1.47. The molecular formula is C13H10F3N3O3. The van der Waals surface area contributed by atoms with E-state index in [9.17, 15) is 22.8 Å². The Bertz CT molecular complexity index is 690. The molecule has 0 fully saturated rings. The van der Waals surface area contributed by atoms with Crippen molar-refractivity contribution in [2.75, 3.05) is 11.9 Å². The van der Waals surface area contributed by atoms with Crippen molar-refractivity contribution in [3.63, 3.8) is 0 Å². The fraction of sp³-hybridized carbons (Fsp3) is 0.154. The van der Waals surface area contributed by atoms with Crippen molar-refractivity contribution in [1.82, 2.24) is 10.2 Å². The van der Waals surface area contributed by atoms with E-state index in [1.165, 1.54) is 30.3 Å². The van der Waals surface area contributed by atoms with Gasteiger partial charge in [0, 0.05) is 11.8 Å². The molecule has 2 N–H and O–H groups in total. The lowest BCUT2D eigenvalue weighted by atomic mass is 10.3. The zero-order chi connectivity index (χ0) is 16.2. The second-order valence-corrected chi connectivity index (χ2v) is 4.19. The van der Waals surface area contributed by atoms with Gasteiger partial charge in [-0.1, -0.05) is 0 Å². The van der Waals surface area contributed by atoms with Crippen molar-refractivity contribution < 1.29 is 22.7 Å². The Morgan fingerprint density at radius 3 is 2.41 bits per heavy atom. The van der Waals surface area contributed by atoms with Gasteiger partial charge in [-0.15, -0.1) is 0 Å². The van der Waals surface area contributed by atoms with Crippen LogP contribution < -0.4 is 15.6 Å². The number of amides is 1. The lowest BCUT2D eigenvalue weighted by Gasteiger charge is -2.10. The Morgan fingerprint density at radius 1 is 1.18 bits per heavy atom. The summed E-state index contributed by atoms with van der Waals surface area (Å²) in [5.41, 5.74) is -0.0999. The van der Waals surface area contributed by atoms with Gasteiger partial charge in [-0.25, -0.2) is 5.10 Å². The molecular weight excluding hydrogens is 303 g/mol. The van der Waals surface area contributed by atoms with E-state index in [4.69, 9.17) is 0 Å². The smallest absolute Gasteiger partial charge is 0.422 e. The summed E-state index contributed by atoms with van der Waals surface area (Å²) in [7, 11) is 0. The number of hydrogen-bond donors (Lipinski definition) is 2. The predicted molar refractivity (Wildman–Crippen MR) is 70.8 cm³/mol. The van der Waals surface area contributed by atoms with Crippen LogP contribution in [0.5, 0.6) is 5.75 Å². The third-order valence-corrected chi connectivity index (χ3v) is 2.43. The molecule has 1 aromatic heterocycles. The summed E-state index contributed by atoms with van der Waals surface area (Å²) >= 11 is 0. The fourth-order valence-electron chi connectivity index (χ4n) is 1.47. The third-order valence-electron chi connectivity index (χ3n) is 2.43. The molecule has 22 heavy (non-hydrogen) atoms. The zero-order valence-electron chi connectivity index (χ0n) is 11.0. The summed E-state index contributed by atoms with van der Waals surface area (Å²) < 4.78 is 40.5. The molecule has 1 heterocycles. The molecule has 0 bridgehead atoms. The van der Waals surface area contributed by atoms with Crippen molar-refractivity contribution in [3.8, 4) is 5.75 Å². The van der Waals surface area contributed by atoms with Gasteiger partial charge in [-0.3, -0.25) is 9.59 Å². The Labute approximate surface area is 121 Å². The first-order valence-corrected chi connectivity index (χ1v) is 6.00. The van der Waals surface area contributed by atoms with Gasteiger partial charge in [-0.2, -0.15) is 18.3 Å². The van der Waals surface area contributed by atoms with Crippen LogP contribution in [0.15, 0.2) is 41.2 Å². The SMILES string of the molecule is O=C(Nc1ccc(OCC(F)(F)F)cc1)c1ccc(=O)[nH]n1. The summed E-state index contributed by atoms with van der Waals surface area (Å²) in [5, 5.41) is 8.14. The lowest BCUT2D eigenvalue weighted by molar-refractivity contribution is -0.153. The number of hydrogen-bond acceptors (Lipinski definition) is 4. The number of rotatable bonds is 4. The van der Waals surface area contributed by atoms with Crippen LogP contribution in [0.25, 0.3) is 0 Å². The van der Waals surface area contributed by atoms with E-state index in [-0.39, 0.29) is 11.4 Å². The maximum absolute atomic E-state index is 12.0. The van der Waals surface area contributed by atoms with Crippen molar-refractivity contribution in [3.05, 3.63) is 52.4 Å². The minimum absolute atomic E-state index is 0.00278. The number of aromatic nitrogens is 2. The molecule has 1 aromatic carbocycles. The molecule has 0 spiro atoms. The molecule has 9 heteroatoms. The van der Waals surface area contributed by atoms with Crippen LogP contribution in [0, 0.1) is 0 Å². The number of halogens is 3. The number of aromatic amines is 1. The first-order chi connectivity index (χ1) is 10.3. The summed E-state index contributed by atoms with van der Waals surface area (Å²) in [6, 6.07) is 7.75. The molecule has 0 saturated carbocycles. The van der Waals surface area contributed by atoms with Crippen LogP contribution in [-0.2, 0) is 0 Å². The summed E-state index contributed by atoms with van der Waals surface area (Å²) in [4.78, 5) is 22.6. The molecule has 1 amide bonds. The van der Waals surface area contributed by atoms with Crippen molar-refractivity contribution in [1.29, 1.82) is 0 Å². The zero-order valence-corrected chi connectivity index (χ0v) is 11.0. The van der Waals surface area contributed by atoms with Crippen LogP contribution >= 0.6 is 0 Å². The van der Waals surface area contributed by atoms with Crippen molar-refractivity contribution in [2.24, 2.45) is 0 Å². The molecule has 116 valence electrons. The van der Waals surface area contributed by atoms with Crippen molar-refractivity contribution in [2.45, 2.75) is 6.18 Å². The van der Waals surface area contributed by atoms with Gasteiger partial charge in [0.1, 0.15) is 11.4 Å². The first kappa shape index (κ1) is 15.5. The maximum atomic E-state index is 12.0. The predicted octanol–water partition coefficient (Wildman–Crippen LogP) is 1.96. The van der Waals surface area contributed by atoms with Gasteiger partial charge in [0.15, 0.2) is 6.61 Å². The number of carbonyl (C=O) groups excluding carboxylic acids is 1. The van der Waals surface area contributed by atoms with Gasteiger partial charge in [0.25, 0.3) is 11.5 Å². The topological polar surface area (TPSA) is 84.1 Å². The minimum Gasteiger partial charge on any atom is -0.484 e. The van der Waals surface area contributed by atoms with Crippen LogP contribution in [0.2, 0.25) is 0 Å². The summed E-state index contributed by atoms with van der Waals surface area (Å²) in [5.74, 6) is -0.544. The monoisotopic (exact) mass is 313 g/mol. The molecule has 0 unspecified atom stereocenters. The second-order valence-electron chi connectivity index (χ2n) is 4.19. The number of nitrogens with zero attached hydrogens (tertiary/aromatic N) is 1. The average Bonchev–Trinajstić information content (AvgIpc) is 2.46. The van der Waals surface area contributed by atoms with Gasteiger partial charge in [-0.05, 0) is 30.3 Å². The molecule has 2 rings (SSSR count). The van der Waals surface area contributed by atoms with Gasteiger partial charge in [0.05, 0.1) is 0 Å². The summed E-state index contributed by atoms with van der Waals surface area (Å²) in [6.45, 7) is -1.39. The van der Waals surface area contributed by atoms with E-state index < -0.39 is 24.2 Å². The standard InChI is InChI=1S/C13H10F3N3O3/c14-13(15,16)7-22-9-3-1-8(2-4-9)17-12(21)10-5-6-11(20)19-18-10/h1-6H,7H2,(H,17,21)(H,19,20). The van der Waals surface area contributed by atoms with Gasteiger partial charge >= 0.3 is 6.18 Å². The van der Waals surface area contributed by atoms with Crippen molar-refractivity contribution >= 4 is 11.6 Å². The van der Waals surface area contributed by atoms with Crippen LogP contribution in [0.3, 0.4) is 0 Å². The number of carbonyl (C=O) groups is 1.